The molecule has 0 aliphatic heterocycles. The van der Waals surface area contributed by atoms with E-state index < -0.39 is 20.2 Å². The Morgan fingerprint density at radius 1 is 1.04 bits per heavy atom. The van der Waals surface area contributed by atoms with Gasteiger partial charge in [-0.25, -0.2) is 12.8 Å². The predicted octanol–water partition coefficient (Wildman–Crippen LogP) is 4.39. The summed E-state index contributed by atoms with van der Waals surface area (Å²) in [6.45, 7) is 0. The van der Waals surface area contributed by atoms with E-state index in [2.05, 4.69) is 4.72 Å². The van der Waals surface area contributed by atoms with Crippen molar-refractivity contribution in [1.29, 1.82) is 0 Å². The molecule has 0 aliphatic carbocycles. The molecule has 1 N–H and O–H groups in total. The molecule has 0 atom stereocenters. The molecule has 0 amide bonds. The van der Waals surface area contributed by atoms with Crippen molar-refractivity contribution in [3.05, 3.63) is 58.2 Å². The molecule has 2 rings (SSSR count). The first-order chi connectivity index (χ1) is 11.8. The first-order valence-corrected chi connectivity index (χ1v) is 9.09. The minimum Gasteiger partial charge on any atom is -0.493 e. The SMILES string of the molecule is COc1cc(F)c(NS(=O)(=O)C(Cl)=C(Cl)c2ccccc2)cc1OC. The maximum Gasteiger partial charge on any atom is 0.274 e. The van der Waals surface area contributed by atoms with Crippen molar-refractivity contribution in [2.24, 2.45) is 0 Å². The predicted molar refractivity (Wildman–Crippen MR) is 97.1 cm³/mol. The number of rotatable bonds is 6. The number of hydrogen-bond donors (Lipinski definition) is 1. The summed E-state index contributed by atoms with van der Waals surface area (Å²) in [5.74, 6) is -0.593. The van der Waals surface area contributed by atoms with Gasteiger partial charge < -0.3 is 9.47 Å². The van der Waals surface area contributed by atoms with Crippen LogP contribution in [-0.4, -0.2) is 22.6 Å². The first-order valence-electron chi connectivity index (χ1n) is 6.85. The summed E-state index contributed by atoms with van der Waals surface area (Å²) < 4.78 is 50.3. The third-order valence-electron chi connectivity index (χ3n) is 3.15. The van der Waals surface area contributed by atoms with E-state index in [1.807, 2.05) is 0 Å². The van der Waals surface area contributed by atoms with Crippen LogP contribution in [0.3, 0.4) is 0 Å². The van der Waals surface area contributed by atoms with Gasteiger partial charge in [0.2, 0.25) is 0 Å². The number of sulfonamides is 1. The maximum atomic E-state index is 14.1. The van der Waals surface area contributed by atoms with Gasteiger partial charge in [-0.3, -0.25) is 4.72 Å². The number of halogens is 3. The van der Waals surface area contributed by atoms with E-state index in [4.69, 9.17) is 32.7 Å². The normalized spacial score (nSPS) is 12.4. The van der Waals surface area contributed by atoms with Gasteiger partial charge in [0.25, 0.3) is 10.0 Å². The second-order valence-corrected chi connectivity index (χ2v) is 7.35. The first kappa shape index (κ1) is 19.4. The van der Waals surface area contributed by atoms with Gasteiger partial charge in [0.05, 0.1) is 24.9 Å². The molecule has 0 saturated heterocycles. The molecule has 25 heavy (non-hydrogen) atoms. The number of hydrogen-bond acceptors (Lipinski definition) is 4. The molecule has 5 nitrogen and oxygen atoms in total. The highest BCUT2D eigenvalue weighted by molar-refractivity contribution is 7.98. The van der Waals surface area contributed by atoms with Crippen LogP contribution < -0.4 is 14.2 Å². The molecular weight excluding hydrogens is 392 g/mol. The Labute approximate surface area is 155 Å². The van der Waals surface area contributed by atoms with Crippen molar-refractivity contribution in [1.82, 2.24) is 0 Å². The molecule has 134 valence electrons. The lowest BCUT2D eigenvalue weighted by atomic mass is 10.2. The summed E-state index contributed by atoms with van der Waals surface area (Å²) in [5.41, 5.74) is 0.0562. The molecule has 0 aliphatic rings. The number of anilines is 1. The Bertz CT molecular complexity index is 902. The lowest BCUT2D eigenvalue weighted by Crippen LogP contribution is -2.14. The van der Waals surface area contributed by atoms with Gasteiger partial charge >= 0.3 is 0 Å². The highest BCUT2D eigenvalue weighted by Gasteiger charge is 2.23. The maximum absolute atomic E-state index is 14.1. The van der Waals surface area contributed by atoms with Crippen LogP contribution in [0.4, 0.5) is 10.1 Å². The molecule has 0 aromatic heterocycles. The highest BCUT2D eigenvalue weighted by atomic mass is 35.5. The molecule has 0 spiro atoms. The summed E-state index contributed by atoms with van der Waals surface area (Å²) >= 11 is 12.0. The molecule has 0 fully saturated rings. The number of methoxy groups -OCH3 is 2. The van der Waals surface area contributed by atoms with Crippen LogP contribution in [0, 0.1) is 5.82 Å². The van der Waals surface area contributed by atoms with Crippen molar-refractivity contribution < 1.29 is 22.3 Å². The van der Waals surface area contributed by atoms with Crippen LogP contribution in [0.5, 0.6) is 11.5 Å². The highest BCUT2D eigenvalue weighted by Crippen LogP contribution is 2.35. The lowest BCUT2D eigenvalue weighted by Gasteiger charge is -2.13. The third kappa shape index (κ3) is 4.36. The van der Waals surface area contributed by atoms with E-state index >= 15 is 0 Å². The van der Waals surface area contributed by atoms with E-state index in [1.54, 1.807) is 30.3 Å². The second kappa shape index (κ2) is 7.95. The van der Waals surface area contributed by atoms with Crippen LogP contribution in [0.2, 0.25) is 0 Å². The molecular formula is C16H14Cl2FNO4S. The van der Waals surface area contributed by atoms with Gasteiger partial charge in [0.1, 0.15) is 0 Å². The monoisotopic (exact) mass is 405 g/mol. The zero-order chi connectivity index (χ0) is 18.6. The average molecular weight is 406 g/mol. The summed E-state index contributed by atoms with van der Waals surface area (Å²) in [5, 5.41) is -0.185. The van der Waals surface area contributed by atoms with Gasteiger partial charge in [0, 0.05) is 12.1 Å². The van der Waals surface area contributed by atoms with Crippen molar-refractivity contribution in [2.45, 2.75) is 0 Å². The van der Waals surface area contributed by atoms with Crippen LogP contribution >= 0.6 is 23.2 Å². The summed E-state index contributed by atoms with van der Waals surface area (Å²) in [7, 11) is -1.63. The smallest absolute Gasteiger partial charge is 0.274 e. The molecule has 0 radical (unpaired) electrons. The largest absolute Gasteiger partial charge is 0.493 e. The van der Waals surface area contributed by atoms with Crippen LogP contribution in [-0.2, 0) is 10.0 Å². The molecule has 2 aromatic carbocycles. The van der Waals surface area contributed by atoms with Crippen LogP contribution in [0.1, 0.15) is 5.56 Å². The number of ether oxygens (including phenoxy) is 2. The molecule has 2 aromatic rings. The van der Waals surface area contributed by atoms with Crippen LogP contribution in [0.15, 0.2) is 46.8 Å². The van der Waals surface area contributed by atoms with Crippen molar-refractivity contribution >= 4 is 43.9 Å². The lowest BCUT2D eigenvalue weighted by molar-refractivity contribution is 0.353. The molecule has 0 heterocycles. The second-order valence-electron chi connectivity index (χ2n) is 4.75. The fourth-order valence-electron chi connectivity index (χ4n) is 1.94. The molecule has 0 saturated carbocycles. The zero-order valence-electron chi connectivity index (χ0n) is 13.2. The van der Waals surface area contributed by atoms with E-state index in [0.717, 1.165) is 12.1 Å². The molecule has 0 unspecified atom stereocenters. The van der Waals surface area contributed by atoms with Gasteiger partial charge in [0.15, 0.2) is 21.7 Å². The standard InChI is InChI=1S/C16H14Cl2FNO4S/c1-23-13-8-11(19)12(9-14(13)24-2)20-25(21,22)16(18)15(17)10-6-4-3-5-7-10/h3-9,20H,1-2H3. The summed E-state index contributed by atoms with van der Waals surface area (Å²) in [6.07, 6.45) is 0. The van der Waals surface area contributed by atoms with Crippen molar-refractivity contribution in [3.63, 3.8) is 0 Å². The van der Waals surface area contributed by atoms with E-state index in [-0.39, 0.29) is 22.2 Å². The quantitative estimate of drug-likeness (QED) is 0.773. The Kier molecular flexibility index (Phi) is 6.16. The van der Waals surface area contributed by atoms with Gasteiger partial charge in [-0.2, -0.15) is 0 Å². The third-order valence-corrected chi connectivity index (χ3v) is 5.73. The summed E-state index contributed by atoms with van der Waals surface area (Å²) in [4.78, 5) is 0. The zero-order valence-corrected chi connectivity index (χ0v) is 15.5. The molecule has 0 bridgehead atoms. The van der Waals surface area contributed by atoms with E-state index in [0.29, 0.717) is 5.56 Å². The fourth-order valence-corrected chi connectivity index (χ4v) is 3.48. The van der Waals surface area contributed by atoms with Gasteiger partial charge in [-0.15, -0.1) is 0 Å². The van der Waals surface area contributed by atoms with Crippen molar-refractivity contribution in [2.75, 3.05) is 18.9 Å². The minimum atomic E-state index is -4.30. The van der Waals surface area contributed by atoms with Crippen molar-refractivity contribution in [3.8, 4) is 11.5 Å². The molecule has 9 heteroatoms. The number of nitrogens with one attached hydrogen (secondary N) is 1. The Balaban J connectivity index is 2.42. The van der Waals surface area contributed by atoms with E-state index in [1.165, 1.54) is 14.2 Å². The Hall–Kier alpha value is -1.96. The minimum absolute atomic E-state index is 0.118. The topological polar surface area (TPSA) is 64.6 Å². The van der Waals surface area contributed by atoms with Crippen LogP contribution in [0.25, 0.3) is 5.03 Å². The Morgan fingerprint density at radius 2 is 1.60 bits per heavy atom. The van der Waals surface area contributed by atoms with Gasteiger partial charge in [-0.1, -0.05) is 53.5 Å². The van der Waals surface area contributed by atoms with Gasteiger partial charge in [-0.05, 0) is 5.56 Å². The van der Waals surface area contributed by atoms with E-state index in [9.17, 15) is 12.8 Å². The average Bonchev–Trinajstić information content (AvgIpc) is 2.62. The number of benzene rings is 2. The fraction of sp³-hybridized carbons (Fsp3) is 0.125. The summed E-state index contributed by atoms with van der Waals surface area (Å²) in [6, 6.07) is 10.4. The Morgan fingerprint density at radius 3 is 2.16 bits per heavy atom.